The highest BCUT2D eigenvalue weighted by atomic mass is 16.2. The Balaban J connectivity index is 0.000000204. The topological polar surface area (TPSA) is 35.5 Å². The maximum absolute atomic E-state index is 9.15. The Hall–Kier alpha value is -1.52. The maximum atomic E-state index is 9.15. The lowest BCUT2D eigenvalue weighted by Crippen LogP contribution is -2.29. The van der Waals surface area contributed by atoms with E-state index < -0.39 is 7.05 Å². The molecule has 0 unspecified atom stereocenters. The Morgan fingerprint density at radius 2 is 2.00 bits per heavy atom. The van der Waals surface area contributed by atoms with E-state index in [2.05, 4.69) is 35.6 Å². The van der Waals surface area contributed by atoms with Crippen molar-refractivity contribution >= 4 is 7.05 Å². The van der Waals surface area contributed by atoms with Gasteiger partial charge in [0.05, 0.1) is 0 Å². The van der Waals surface area contributed by atoms with Crippen LogP contribution in [0.3, 0.4) is 0 Å². The molecule has 0 saturated carbocycles. The molecule has 108 valence electrons. The van der Waals surface area contributed by atoms with E-state index in [1.165, 1.54) is 18.4 Å². The Morgan fingerprint density at radius 3 is 2.70 bits per heavy atom. The van der Waals surface area contributed by atoms with Gasteiger partial charge in [-0.1, -0.05) is 48.5 Å². The second-order valence-electron chi connectivity index (χ2n) is 4.82. The molecule has 0 spiro atoms. The van der Waals surface area contributed by atoms with Crippen molar-refractivity contribution in [3.63, 3.8) is 0 Å². The van der Waals surface area contributed by atoms with Crippen molar-refractivity contribution < 1.29 is 5.02 Å². The summed E-state index contributed by atoms with van der Waals surface area (Å²) in [5, 5.41) is 12.3. The lowest BCUT2D eigenvalue weighted by Gasteiger charge is -2.12. The third-order valence-electron chi connectivity index (χ3n) is 3.07. The monoisotopic (exact) mass is 272 g/mol. The number of rotatable bonds is 4. The van der Waals surface area contributed by atoms with Crippen molar-refractivity contribution in [2.24, 2.45) is 0 Å². The number of hydrogen-bond donors (Lipinski definition) is 2. The van der Waals surface area contributed by atoms with Gasteiger partial charge in [-0.05, 0) is 51.7 Å². The molecule has 1 aromatic carbocycles. The predicted octanol–water partition coefficient (Wildman–Crippen LogP) is 2.25. The van der Waals surface area contributed by atoms with E-state index in [0.717, 1.165) is 13.0 Å². The number of allylic oxidation sites excluding steroid dienone is 2. The summed E-state index contributed by atoms with van der Waals surface area (Å²) in [4.78, 5) is 1.75. The average molecular weight is 272 g/mol. The van der Waals surface area contributed by atoms with Crippen LogP contribution in [0, 0.1) is 0 Å². The fourth-order valence-electron chi connectivity index (χ4n) is 1.84. The molecule has 0 aliphatic carbocycles. The van der Waals surface area contributed by atoms with Gasteiger partial charge in [0.15, 0.2) is 0 Å². The number of aryl methyl sites for hydroxylation is 1. The van der Waals surface area contributed by atoms with Crippen LogP contribution in [0.1, 0.15) is 18.4 Å². The van der Waals surface area contributed by atoms with E-state index in [1.54, 1.807) is 10.8 Å². The van der Waals surface area contributed by atoms with Crippen LogP contribution in [0.15, 0.2) is 54.7 Å². The first-order chi connectivity index (χ1) is 9.74. The van der Waals surface area contributed by atoms with Gasteiger partial charge in [-0.15, -0.1) is 0 Å². The third kappa shape index (κ3) is 7.17. The van der Waals surface area contributed by atoms with E-state index in [-0.39, 0.29) is 0 Å². The average Bonchev–Trinajstić information content (AvgIpc) is 2.66. The van der Waals surface area contributed by atoms with Crippen LogP contribution in [0.25, 0.3) is 0 Å². The molecule has 0 saturated heterocycles. The summed E-state index contributed by atoms with van der Waals surface area (Å²) in [6.45, 7) is 1.11. The third-order valence-corrected chi connectivity index (χ3v) is 3.07. The second-order valence-corrected chi connectivity index (χ2v) is 4.82. The van der Waals surface area contributed by atoms with Crippen molar-refractivity contribution in [3.05, 3.63) is 60.2 Å². The molecule has 0 bridgehead atoms. The van der Waals surface area contributed by atoms with Gasteiger partial charge in [-0.25, -0.2) is 0 Å². The molecule has 0 fully saturated rings. The maximum Gasteiger partial charge on any atom is 0.440 e. The summed E-state index contributed by atoms with van der Waals surface area (Å²) in [5.41, 5.74) is 1.43. The van der Waals surface area contributed by atoms with Gasteiger partial charge >= 0.3 is 7.05 Å². The molecule has 0 aromatic heterocycles. The fourth-order valence-corrected chi connectivity index (χ4v) is 1.84. The molecule has 2 N–H and O–H groups in total. The predicted molar refractivity (Wildman–Crippen MR) is 87.3 cm³/mol. The molecule has 0 atom stereocenters. The lowest BCUT2D eigenvalue weighted by molar-refractivity contribution is 0.499. The minimum atomic E-state index is -0.441. The molecule has 3 nitrogen and oxygen atoms in total. The summed E-state index contributed by atoms with van der Waals surface area (Å²) in [6.07, 6.45) is 9.16. The summed E-state index contributed by atoms with van der Waals surface area (Å²) in [7, 11) is 3.39. The lowest BCUT2D eigenvalue weighted by atomic mass is 9.82. The largest absolute Gasteiger partial charge is 0.440 e. The van der Waals surface area contributed by atoms with Gasteiger partial charge in [0, 0.05) is 0 Å². The van der Waals surface area contributed by atoms with Gasteiger partial charge in [0.25, 0.3) is 0 Å². The second kappa shape index (κ2) is 10.3. The quantitative estimate of drug-likeness (QED) is 0.652. The van der Waals surface area contributed by atoms with E-state index in [9.17, 15) is 0 Å². The normalized spacial score (nSPS) is 13.8. The highest BCUT2D eigenvalue weighted by Gasteiger charge is 2.10. The Morgan fingerprint density at radius 1 is 1.25 bits per heavy atom. The van der Waals surface area contributed by atoms with Crippen LogP contribution >= 0.6 is 0 Å². The molecule has 0 radical (unpaired) electrons. The highest BCUT2D eigenvalue weighted by molar-refractivity contribution is 6.53. The first-order valence-corrected chi connectivity index (χ1v) is 7.16. The van der Waals surface area contributed by atoms with E-state index >= 15 is 0 Å². The summed E-state index contributed by atoms with van der Waals surface area (Å²) >= 11 is 0. The molecule has 1 aliphatic rings. The van der Waals surface area contributed by atoms with Crippen molar-refractivity contribution in [2.45, 2.75) is 19.3 Å². The molecule has 2 rings (SSSR count). The van der Waals surface area contributed by atoms with E-state index in [0.29, 0.717) is 0 Å². The van der Waals surface area contributed by atoms with Crippen LogP contribution in [-0.2, 0) is 6.42 Å². The molecule has 20 heavy (non-hydrogen) atoms. The zero-order valence-electron chi connectivity index (χ0n) is 12.5. The zero-order valence-corrected chi connectivity index (χ0v) is 12.5. The molecule has 1 aliphatic heterocycles. The molecular weight excluding hydrogens is 247 g/mol. The molecular formula is C16H25BN2O. The van der Waals surface area contributed by atoms with Gasteiger partial charge in [0.1, 0.15) is 0 Å². The molecule has 1 heterocycles. The fraction of sp³-hybridized carbons (Fsp3) is 0.375. The van der Waals surface area contributed by atoms with Gasteiger partial charge in [0.2, 0.25) is 0 Å². The van der Waals surface area contributed by atoms with Crippen LogP contribution < -0.4 is 5.32 Å². The summed E-state index contributed by atoms with van der Waals surface area (Å²) in [5.74, 6) is 1.78. The van der Waals surface area contributed by atoms with Crippen LogP contribution in [0.2, 0.25) is 0 Å². The number of nitrogens with one attached hydrogen (secondary N) is 1. The van der Waals surface area contributed by atoms with Crippen LogP contribution in [-0.4, -0.2) is 37.5 Å². The minimum Gasteiger partial charge on any atom is -0.429 e. The van der Waals surface area contributed by atoms with Crippen LogP contribution in [0.4, 0.5) is 0 Å². The molecule has 4 heteroatoms. The smallest absolute Gasteiger partial charge is 0.429 e. The zero-order chi connectivity index (χ0) is 14.6. The van der Waals surface area contributed by atoms with E-state index in [1.807, 2.05) is 32.4 Å². The number of nitrogens with zero attached hydrogens (tertiary/aromatic N) is 1. The first kappa shape index (κ1) is 16.5. The standard InChI is InChI=1S/C10H15N.C6H10BNO/c1-11-9-5-8-10-6-3-2-4-7-10;1-8-6-4-2-3-5-7(8)9/h2-4,6-7,11H,5,8-9H2,1H3;3-6,9H,2H2,1H3. The Bertz CT molecular complexity index is 390. The number of benzene rings is 1. The summed E-state index contributed by atoms with van der Waals surface area (Å²) in [6, 6.07) is 10.6. The van der Waals surface area contributed by atoms with Crippen molar-refractivity contribution in [3.8, 4) is 0 Å². The van der Waals surface area contributed by atoms with Crippen LogP contribution in [0.5, 0.6) is 0 Å². The molecule has 1 aromatic rings. The van der Waals surface area contributed by atoms with E-state index in [4.69, 9.17) is 5.02 Å². The molecule has 0 amide bonds. The van der Waals surface area contributed by atoms with Gasteiger partial charge in [-0.3, -0.25) is 0 Å². The van der Waals surface area contributed by atoms with Crippen molar-refractivity contribution in [2.75, 3.05) is 20.6 Å². The highest BCUT2D eigenvalue weighted by Crippen LogP contribution is 2.01. The summed E-state index contributed by atoms with van der Waals surface area (Å²) < 4.78 is 0. The Labute approximate surface area is 123 Å². The van der Waals surface area contributed by atoms with Gasteiger partial charge in [-0.2, -0.15) is 0 Å². The van der Waals surface area contributed by atoms with Crippen molar-refractivity contribution in [1.29, 1.82) is 0 Å². The minimum absolute atomic E-state index is 0.441. The first-order valence-electron chi connectivity index (χ1n) is 7.16. The van der Waals surface area contributed by atoms with Crippen molar-refractivity contribution in [1.82, 2.24) is 10.1 Å². The SMILES string of the molecule is CN1C=CCC=CB1O.CNCCCc1ccccc1. The Kier molecular flexibility index (Phi) is 8.51. The number of hydrogen-bond acceptors (Lipinski definition) is 3. The van der Waals surface area contributed by atoms with Gasteiger partial charge < -0.3 is 15.2 Å².